The van der Waals surface area contributed by atoms with Gasteiger partial charge in [-0.15, -0.1) is 0 Å². The summed E-state index contributed by atoms with van der Waals surface area (Å²) in [6.07, 6.45) is 8.23. The molecule has 3 aromatic rings. The average molecular weight is 420 g/mol. The second kappa shape index (κ2) is 5.87. The van der Waals surface area contributed by atoms with Crippen LogP contribution in [0.4, 0.5) is 17.5 Å². The van der Waals surface area contributed by atoms with Gasteiger partial charge in [-0.2, -0.15) is 10.1 Å². The first-order valence-electron chi connectivity index (χ1n) is 10.6. The average Bonchev–Trinajstić information content (AvgIpc) is 3.17. The van der Waals surface area contributed by atoms with E-state index in [2.05, 4.69) is 33.5 Å². The maximum atomic E-state index is 13.4. The third kappa shape index (κ3) is 2.54. The lowest BCUT2D eigenvalue weighted by molar-refractivity contribution is -0.120. The molecular weight excluding hydrogens is 394 g/mol. The lowest BCUT2D eigenvalue weighted by Gasteiger charge is -2.26. The van der Waals surface area contributed by atoms with Crippen LogP contribution in [0.25, 0.3) is 5.65 Å². The molecule has 1 aliphatic carbocycles. The van der Waals surface area contributed by atoms with Crippen molar-refractivity contribution < 1.29 is 4.79 Å². The first kappa shape index (κ1) is 18.0. The number of carbonyl (C=O) groups is 1. The van der Waals surface area contributed by atoms with Crippen LogP contribution in [0.5, 0.6) is 0 Å². The first-order valence-corrected chi connectivity index (χ1v) is 14.1. The maximum absolute atomic E-state index is 13.4. The minimum Gasteiger partial charge on any atom is -0.323 e. The molecule has 1 saturated heterocycles. The molecule has 1 N–H and O–H groups in total. The number of hydrogen-bond acceptors (Lipinski definition) is 6. The SMILES string of the molecule is Cc1cc2ncnn2cc1Nc1ncc2c(n1)N(C1CC[Si](C)(C)C1)C(=O)C21CC1. The second-order valence-electron chi connectivity index (χ2n) is 9.81. The monoisotopic (exact) mass is 419 g/mol. The second-order valence-corrected chi connectivity index (χ2v) is 15.0. The number of aryl methyl sites for hydroxylation is 1. The standard InChI is InChI=1S/C21H25N7OSi/c1-13-8-17-23-12-24-27(17)10-16(13)25-20-22-9-15-18(26-20)28(19(29)21(15)5-6-21)14-4-7-30(2,3)11-14/h8-10,12,14H,4-7,11H2,1-3H3,(H,22,25,26). The molecule has 6 rings (SSSR count). The van der Waals surface area contributed by atoms with Crippen LogP contribution in [0.15, 0.2) is 24.8 Å². The van der Waals surface area contributed by atoms with E-state index in [1.54, 1.807) is 4.52 Å². The predicted molar refractivity (Wildman–Crippen MR) is 117 cm³/mol. The lowest BCUT2D eigenvalue weighted by atomic mass is 10.0. The zero-order valence-corrected chi connectivity index (χ0v) is 18.5. The predicted octanol–water partition coefficient (Wildman–Crippen LogP) is 3.43. The molecule has 0 aromatic carbocycles. The molecule has 1 unspecified atom stereocenters. The summed E-state index contributed by atoms with van der Waals surface area (Å²) in [5.74, 6) is 1.59. The Bertz CT molecular complexity index is 1200. The topological polar surface area (TPSA) is 88.3 Å². The van der Waals surface area contributed by atoms with Crippen molar-refractivity contribution in [3.05, 3.63) is 35.9 Å². The summed E-state index contributed by atoms with van der Waals surface area (Å²) in [5, 5.41) is 7.54. The number of pyridine rings is 1. The Morgan fingerprint density at radius 2 is 2.10 bits per heavy atom. The highest BCUT2D eigenvalue weighted by molar-refractivity contribution is 6.78. The van der Waals surface area contributed by atoms with Crippen molar-refractivity contribution in [2.45, 2.75) is 62.8 Å². The van der Waals surface area contributed by atoms with Crippen LogP contribution in [0.3, 0.4) is 0 Å². The molecule has 154 valence electrons. The third-order valence-electron chi connectivity index (χ3n) is 7.07. The number of nitrogens with one attached hydrogen (secondary N) is 1. The van der Waals surface area contributed by atoms with Gasteiger partial charge in [-0.05, 0) is 43.9 Å². The van der Waals surface area contributed by atoms with Crippen molar-refractivity contribution >= 4 is 37.1 Å². The van der Waals surface area contributed by atoms with Gasteiger partial charge in [-0.25, -0.2) is 14.5 Å². The fourth-order valence-corrected chi connectivity index (χ4v) is 8.15. The summed E-state index contributed by atoms with van der Waals surface area (Å²) in [5.41, 5.74) is 3.38. The fraction of sp³-hybridized carbons (Fsp3) is 0.476. The van der Waals surface area contributed by atoms with Crippen LogP contribution in [-0.2, 0) is 10.2 Å². The number of amides is 1. The highest BCUT2D eigenvalue weighted by Crippen LogP contribution is 2.58. The minimum atomic E-state index is -1.22. The fourth-order valence-electron chi connectivity index (χ4n) is 5.17. The Balaban J connectivity index is 1.38. The maximum Gasteiger partial charge on any atom is 0.239 e. The molecule has 2 fully saturated rings. The van der Waals surface area contributed by atoms with Crippen LogP contribution in [0.1, 0.15) is 30.4 Å². The van der Waals surface area contributed by atoms with Crippen molar-refractivity contribution in [1.29, 1.82) is 0 Å². The van der Waals surface area contributed by atoms with E-state index in [0.717, 1.165) is 53.6 Å². The Morgan fingerprint density at radius 1 is 1.27 bits per heavy atom. The minimum absolute atomic E-state index is 0.251. The zero-order valence-electron chi connectivity index (χ0n) is 17.5. The van der Waals surface area contributed by atoms with E-state index in [-0.39, 0.29) is 17.4 Å². The van der Waals surface area contributed by atoms with Crippen molar-refractivity contribution in [2.24, 2.45) is 0 Å². The van der Waals surface area contributed by atoms with Gasteiger partial charge in [-0.1, -0.05) is 19.1 Å². The molecule has 1 atom stereocenters. The Hall–Kier alpha value is -2.81. The lowest BCUT2D eigenvalue weighted by Crippen LogP contribution is -2.40. The van der Waals surface area contributed by atoms with Gasteiger partial charge in [0.25, 0.3) is 0 Å². The molecule has 1 saturated carbocycles. The summed E-state index contributed by atoms with van der Waals surface area (Å²) in [6.45, 7) is 6.87. The van der Waals surface area contributed by atoms with E-state index in [4.69, 9.17) is 4.98 Å². The molecule has 9 heteroatoms. The van der Waals surface area contributed by atoms with Crippen LogP contribution in [-0.4, -0.2) is 44.6 Å². The van der Waals surface area contributed by atoms with E-state index in [9.17, 15) is 4.79 Å². The number of aromatic nitrogens is 5. The van der Waals surface area contributed by atoms with E-state index < -0.39 is 8.07 Å². The van der Waals surface area contributed by atoms with Crippen LogP contribution in [0, 0.1) is 6.92 Å². The number of carbonyl (C=O) groups excluding carboxylic acids is 1. The van der Waals surface area contributed by atoms with E-state index in [1.165, 1.54) is 12.4 Å². The summed E-state index contributed by atoms with van der Waals surface area (Å²) in [4.78, 5) is 29.1. The molecule has 1 spiro atoms. The normalized spacial score (nSPS) is 23.4. The van der Waals surface area contributed by atoms with Gasteiger partial charge >= 0.3 is 0 Å². The van der Waals surface area contributed by atoms with Gasteiger partial charge in [0.05, 0.1) is 17.3 Å². The van der Waals surface area contributed by atoms with Gasteiger partial charge in [-0.3, -0.25) is 9.69 Å². The number of hydrogen-bond donors (Lipinski definition) is 1. The molecule has 8 nitrogen and oxygen atoms in total. The van der Waals surface area contributed by atoms with E-state index in [0.29, 0.717) is 5.95 Å². The number of nitrogens with zero attached hydrogens (tertiary/aromatic N) is 6. The number of fused-ring (bicyclic) bond motifs is 3. The van der Waals surface area contributed by atoms with Gasteiger partial charge in [0.15, 0.2) is 5.65 Å². The van der Waals surface area contributed by atoms with Crippen LogP contribution >= 0.6 is 0 Å². The molecule has 5 heterocycles. The molecular formula is C21H25N7OSi. The van der Waals surface area contributed by atoms with Crippen molar-refractivity contribution in [3.63, 3.8) is 0 Å². The Labute approximate surface area is 175 Å². The number of anilines is 3. The quantitative estimate of drug-likeness (QED) is 0.655. The number of rotatable bonds is 3. The first-order chi connectivity index (χ1) is 14.4. The van der Waals surface area contributed by atoms with E-state index in [1.807, 2.05) is 30.3 Å². The Kier molecular flexibility index (Phi) is 3.52. The molecule has 30 heavy (non-hydrogen) atoms. The molecule has 1 amide bonds. The van der Waals surface area contributed by atoms with Gasteiger partial charge in [0.1, 0.15) is 12.1 Å². The zero-order chi connectivity index (χ0) is 20.7. The Morgan fingerprint density at radius 3 is 2.83 bits per heavy atom. The summed E-state index contributed by atoms with van der Waals surface area (Å²) < 4.78 is 1.73. The van der Waals surface area contributed by atoms with Crippen LogP contribution < -0.4 is 10.2 Å². The van der Waals surface area contributed by atoms with Gasteiger partial charge in [0, 0.05) is 25.9 Å². The van der Waals surface area contributed by atoms with Crippen molar-refractivity contribution in [2.75, 3.05) is 10.2 Å². The van der Waals surface area contributed by atoms with Gasteiger partial charge < -0.3 is 5.32 Å². The van der Waals surface area contributed by atoms with Gasteiger partial charge in [0.2, 0.25) is 11.9 Å². The molecule has 2 aliphatic heterocycles. The highest BCUT2D eigenvalue weighted by Gasteiger charge is 2.62. The van der Waals surface area contributed by atoms with E-state index >= 15 is 0 Å². The van der Waals surface area contributed by atoms with Crippen molar-refractivity contribution in [1.82, 2.24) is 24.6 Å². The summed E-state index contributed by atoms with van der Waals surface area (Å²) in [6, 6.07) is 4.69. The summed E-state index contributed by atoms with van der Waals surface area (Å²) in [7, 11) is -1.22. The largest absolute Gasteiger partial charge is 0.323 e. The smallest absolute Gasteiger partial charge is 0.239 e. The van der Waals surface area contributed by atoms with Crippen molar-refractivity contribution in [3.8, 4) is 0 Å². The molecule has 0 bridgehead atoms. The third-order valence-corrected chi connectivity index (χ3v) is 10.3. The highest BCUT2D eigenvalue weighted by atomic mass is 28.3. The van der Waals surface area contributed by atoms with Crippen LogP contribution in [0.2, 0.25) is 25.2 Å². The molecule has 3 aromatic heterocycles. The summed E-state index contributed by atoms with van der Waals surface area (Å²) >= 11 is 0. The molecule has 3 aliphatic rings. The molecule has 0 radical (unpaired) electrons.